The summed E-state index contributed by atoms with van der Waals surface area (Å²) < 4.78 is 7.00. The molecule has 2 saturated heterocycles. The van der Waals surface area contributed by atoms with Crippen LogP contribution in [0, 0.1) is 0 Å². The topological polar surface area (TPSA) is 24.5 Å². The van der Waals surface area contributed by atoms with E-state index in [4.69, 9.17) is 4.74 Å². The van der Waals surface area contributed by atoms with Gasteiger partial charge in [-0.25, -0.2) is 0 Å². The van der Waals surface area contributed by atoms with Gasteiger partial charge < -0.3 is 15.0 Å². The van der Waals surface area contributed by atoms with Gasteiger partial charge in [0, 0.05) is 30.7 Å². The highest BCUT2D eigenvalue weighted by atomic mass is 79.9. The molecule has 1 unspecified atom stereocenters. The molecule has 0 saturated carbocycles. The Balaban J connectivity index is 1.76. The number of benzene rings is 1. The minimum atomic E-state index is 0.195. The average molecular weight is 325 g/mol. The molecule has 1 atom stereocenters. The van der Waals surface area contributed by atoms with E-state index in [1.165, 1.54) is 48.1 Å². The minimum Gasteiger partial charge on any atom is -0.371 e. The first-order valence-corrected chi connectivity index (χ1v) is 8.00. The maximum atomic E-state index is 5.81. The van der Waals surface area contributed by atoms with E-state index in [9.17, 15) is 0 Å². The summed E-state index contributed by atoms with van der Waals surface area (Å²) >= 11 is 3.73. The molecule has 0 radical (unpaired) electrons. The van der Waals surface area contributed by atoms with Crippen molar-refractivity contribution in [1.29, 1.82) is 0 Å². The first kappa shape index (κ1) is 13.4. The fourth-order valence-electron chi connectivity index (χ4n) is 2.89. The first-order valence-electron chi connectivity index (χ1n) is 7.21. The standard InChI is InChI=1S/C15H21BrN2O/c16-13-10-12(15-11-17-6-9-19-15)4-5-14(13)18-7-2-1-3-8-18/h4-5,10,15,17H,1-3,6-9,11H2. The second-order valence-corrected chi connectivity index (χ2v) is 6.18. The predicted molar refractivity (Wildman–Crippen MR) is 81.8 cm³/mol. The van der Waals surface area contributed by atoms with Gasteiger partial charge in [-0.15, -0.1) is 0 Å². The quantitative estimate of drug-likeness (QED) is 0.904. The Morgan fingerprint density at radius 2 is 2.05 bits per heavy atom. The van der Waals surface area contributed by atoms with Gasteiger partial charge in [0.1, 0.15) is 0 Å². The van der Waals surface area contributed by atoms with Crippen LogP contribution < -0.4 is 10.2 Å². The zero-order valence-corrected chi connectivity index (χ0v) is 12.8. The summed E-state index contributed by atoms with van der Waals surface area (Å²) in [6, 6.07) is 6.68. The van der Waals surface area contributed by atoms with E-state index in [-0.39, 0.29) is 6.10 Å². The molecule has 1 aromatic carbocycles. The highest BCUT2D eigenvalue weighted by molar-refractivity contribution is 9.10. The predicted octanol–water partition coefficient (Wildman–Crippen LogP) is 3.10. The lowest BCUT2D eigenvalue weighted by atomic mass is 10.1. The van der Waals surface area contributed by atoms with Gasteiger partial charge in [0.05, 0.1) is 18.4 Å². The van der Waals surface area contributed by atoms with Gasteiger partial charge in [-0.2, -0.15) is 0 Å². The number of anilines is 1. The van der Waals surface area contributed by atoms with Crippen LogP contribution in [0.25, 0.3) is 0 Å². The molecule has 2 fully saturated rings. The van der Waals surface area contributed by atoms with Crippen LogP contribution in [0.15, 0.2) is 22.7 Å². The maximum absolute atomic E-state index is 5.81. The summed E-state index contributed by atoms with van der Waals surface area (Å²) in [5, 5.41) is 3.38. The summed E-state index contributed by atoms with van der Waals surface area (Å²) in [5.74, 6) is 0. The van der Waals surface area contributed by atoms with Crippen molar-refractivity contribution in [2.75, 3.05) is 37.7 Å². The highest BCUT2D eigenvalue weighted by Crippen LogP contribution is 2.32. The fourth-order valence-corrected chi connectivity index (χ4v) is 3.54. The zero-order valence-electron chi connectivity index (χ0n) is 11.2. The molecular weight excluding hydrogens is 304 g/mol. The van der Waals surface area contributed by atoms with E-state index in [0.717, 1.165) is 19.7 Å². The molecule has 2 aliphatic rings. The van der Waals surface area contributed by atoms with Crippen molar-refractivity contribution in [3.8, 4) is 0 Å². The van der Waals surface area contributed by atoms with Crippen LogP contribution in [-0.2, 0) is 4.74 Å². The number of hydrogen-bond acceptors (Lipinski definition) is 3. The summed E-state index contributed by atoms with van der Waals surface area (Å²) in [6.07, 6.45) is 4.18. The monoisotopic (exact) mass is 324 g/mol. The molecule has 3 rings (SSSR count). The molecule has 0 aromatic heterocycles. The molecule has 3 nitrogen and oxygen atoms in total. The summed E-state index contributed by atoms with van der Waals surface area (Å²) in [7, 11) is 0. The van der Waals surface area contributed by atoms with Crippen LogP contribution >= 0.6 is 15.9 Å². The highest BCUT2D eigenvalue weighted by Gasteiger charge is 2.18. The third-order valence-electron chi connectivity index (χ3n) is 3.97. The molecule has 104 valence electrons. The number of halogens is 1. The van der Waals surface area contributed by atoms with Crippen molar-refractivity contribution in [2.24, 2.45) is 0 Å². The van der Waals surface area contributed by atoms with Crippen LogP contribution in [0.4, 0.5) is 5.69 Å². The van der Waals surface area contributed by atoms with E-state index in [2.05, 4.69) is 44.3 Å². The van der Waals surface area contributed by atoms with E-state index < -0.39 is 0 Å². The van der Waals surface area contributed by atoms with Gasteiger partial charge in [0.25, 0.3) is 0 Å². The van der Waals surface area contributed by atoms with Crippen LogP contribution in [0.3, 0.4) is 0 Å². The fraction of sp³-hybridized carbons (Fsp3) is 0.600. The van der Waals surface area contributed by atoms with Crippen molar-refractivity contribution in [1.82, 2.24) is 5.32 Å². The zero-order chi connectivity index (χ0) is 13.1. The van der Waals surface area contributed by atoms with E-state index >= 15 is 0 Å². The van der Waals surface area contributed by atoms with E-state index in [0.29, 0.717) is 0 Å². The van der Waals surface area contributed by atoms with E-state index in [1.807, 2.05) is 0 Å². The molecule has 0 bridgehead atoms. The molecule has 19 heavy (non-hydrogen) atoms. The van der Waals surface area contributed by atoms with Crippen LogP contribution in [0.5, 0.6) is 0 Å². The van der Waals surface area contributed by atoms with E-state index in [1.54, 1.807) is 0 Å². The Morgan fingerprint density at radius 3 is 2.74 bits per heavy atom. The molecular formula is C15H21BrN2O. The van der Waals surface area contributed by atoms with Crippen LogP contribution in [0.1, 0.15) is 30.9 Å². The molecule has 0 spiro atoms. The SMILES string of the molecule is Brc1cc(C2CNCCO2)ccc1N1CCCCC1. The number of nitrogens with zero attached hydrogens (tertiary/aromatic N) is 1. The second kappa shape index (κ2) is 6.25. The third-order valence-corrected chi connectivity index (χ3v) is 4.60. The largest absolute Gasteiger partial charge is 0.371 e. The number of nitrogens with one attached hydrogen (secondary N) is 1. The minimum absolute atomic E-state index is 0.195. The van der Waals surface area contributed by atoms with Crippen molar-refractivity contribution < 1.29 is 4.74 Å². The second-order valence-electron chi connectivity index (χ2n) is 5.32. The normalized spacial score (nSPS) is 24.5. The molecule has 2 aliphatic heterocycles. The molecule has 2 heterocycles. The number of rotatable bonds is 2. The maximum Gasteiger partial charge on any atom is 0.0950 e. The average Bonchev–Trinajstić information content (AvgIpc) is 2.49. The van der Waals surface area contributed by atoms with Crippen LogP contribution in [0.2, 0.25) is 0 Å². The Labute approximate surface area is 123 Å². The Morgan fingerprint density at radius 1 is 1.21 bits per heavy atom. The Kier molecular flexibility index (Phi) is 4.41. The van der Waals surface area contributed by atoms with Crippen molar-refractivity contribution in [3.63, 3.8) is 0 Å². The molecule has 1 aromatic rings. The summed E-state index contributed by atoms with van der Waals surface area (Å²) in [6.45, 7) is 5.04. The molecule has 0 amide bonds. The van der Waals surface area contributed by atoms with Gasteiger partial charge >= 0.3 is 0 Å². The van der Waals surface area contributed by atoms with Gasteiger partial charge in [-0.1, -0.05) is 6.07 Å². The number of hydrogen-bond donors (Lipinski definition) is 1. The Bertz CT molecular complexity index is 426. The van der Waals surface area contributed by atoms with Crippen molar-refractivity contribution in [2.45, 2.75) is 25.4 Å². The summed E-state index contributed by atoms with van der Waals surface area (Å²) in [5.41, 5.74) is 2.59. The smallest absolute Gasteiger partial charge is 0.0950 e. The first-order chi connectivity index (χ1) is 9.34. The van der Waals surface area contributed by atoms with Crippen LogP contribution in [-0.4, -0.2) is 32.8 Å². The number of piperidine rings is 1. The van der Waals surface area contributed by atoms with Gasteiger partial charge in [-0.05, 0) is 52.9 Å². The lowest BCUT2D eigenvalue weighted by Crippen LogP contribution is -2.33. The number of ether oxygens (including phenoxy) is 1. The van der Waals surface area contributed by atoms with Crippen molar-refractivity contribution >= 4 is 21.6 Å². The molecule has 1 N–H and O–H groups in total. The third kappa shape index (κ3) is 3.12. The Hall–Kier alpha value is -0.580. The van der Waals surface area contributed by atoms with Gasteiger partial charge in [-0.3, -0.25) is 0 Å². The summed E-state index contributed by atoms with van der Waals surface area (Å²) in [4.78, 5) is 2.48. The van der Waals surface area contributed by atoms with Gasteiger partial charge in [0.2, 0.25) is 0 Å². The molecule has 0 aliphatic carbocycles. The number of morpholine rings is 1. The lowest BCUT2D eigenvalue weighted by Gasteiger charge is -2.30. The lowest BCUT2D eigenvalue weighted by molar-refractivity contribution is 0.0277. The van der Waals surface area contributed by atoms with Crippen molar-refractivity contribution in [3.05, 3.63) is 28.2 Å². The molecule has 4 heteroatoms. The van der Waals surface area contributed by atoms with Gasteiger partial charge in [0.15, 0.2) is 0 Å².